The third-order valence-corrected chi connectivity index (χ3v) is 4.81. The number of rotatable bonds is 6. The molecule has 8 heteroatoms. The molecule has 132 valence electrons. The molecule has 1 aliphatic carbocycles. The molecule has 1 aliphatic rings. The summed E-state index contributed by atoms with van der Waals surface area (Å²) >= 11 is 5.85. The Bertz CT molecular complexity index is 783. The van der Waals surface area contributed by atoms with E-state index in [1.807, 2.05) is 0 Å². The topological polar surface area (TPSA) is 105 Å². The number of benzene rings is 1. The molecule has 25 heavy (non-hydrogen) atoms. The van der Waals surface area contributed by atoms with Crippen LogP contribution in [-0.4, -0.2) is 27.1 Å². The molecule has 0 saturated heterocycles. The van der Waals surface area contributed by atoms with Gasteiger partial charge in [-0.3, -0.25) is 9.59 Å². The quantitative estimate of drug-likeness (QED) is 0.816. The van der Waals surface area contributed by atoms with Crippen molar-refractivity contribution in [1.29, 1.82) is 0 Å². The van der Waals surface area contributed by atoms with Gasteiger partial charge in [-0.2, -0.15) is 4.98 Å². The van der Waals surface area contributed by atoms with Crippen molar-refractivity contribution in [3.8, 4) is 11.5 Å². The van der Waals surface area contributed by atoms with E-state index in [0.717, 1.165) is 12.0 Å². The van der Waals surface area contributed by atoms with Crippen molar-refractivity contribution in [2.45, 2.75) is 38.6 Å². The van der Waals surface area contributed by atoms with Crippen LogP contribution in [0.2, 0.25) is 5.02 Å². The number of hydrogen-bond donors (Lipinski definition) is 2. The fourth-order valence-corrected chi connectivity index (χ4v) is 2.98. The Kier molecular flexibility index (Phi) is 4.76. The van der Waals surface area contributed by atoms with Gasteiger partial charge in [-0.05, 0) is 44.0 Å². The van der Waals surface area contributed by atoms with Gasteiger partial charge in [0.05, 0.1) is 11.5 Å². The van der Waals surface area contributed by atoms with Gasteiger partial charge < -0.3 is 14.9 Å². The molecule has 1 aromatic carbocycles. The van der Waals surface area contributed by atoms with Crippen LogP contribution >= 0.6 is 11.6 Å². The van der Waals surface area contributed by atoms with E-state index in [1.54, 1.807) is 31.2 Å². The van der Waals surface area contributed by atoms with E-state index in [-0.39, 0.29) is 12.3 Å². The molecule has 0 radical (unpaired) electrons. The number of halogens is 1. The van der Waals surface area contributed by atoms with E-state index in [4.69, 9.17) is 16.1 Å². The minimum absolute atomic E-state index is 0.0332. The molecule has 1 fully saturated rings. The molecular formula is C17H18ClN3O4. The Labute approximate surface area is 149 Å². The summed E-state index contributed by atoms with van der Waals surface area (Å²) < 4.78 is 5.22. The van der Waals surface area contributed by atoms with Crippen LogP contribution in [-0.2, 0) is 9.59 Å². The second-order valence-corrected chi connectivity index (χ2v) is 6.81. The summed E-state index contributed by atoms with van der Waals surface area (Å²) in [6.45, 7) is 1.72. The average molecular weight is 364 g/mol. The van der Waals surface area contributed by atoms with Gasteiger partial charge in [0.2, 0.25) is 5.91 Å². The van der Waals surface area contributed by atoms with Crippen LogP contribution in [0.5, 0.6) is 0 Å². The third-order valence-electron chi connectivity index (χ3n) is 4.56. The SMILES string of the molecule is CC(NC(=O)CC1(C(=O)O)CCC1)c1noc(-c2ccc(Cl)cc2)n1. The zero-order valence-corrected chi connectivity index (χ0v) is 14.4. The van der Waals surface area contributed by atoms with E-state index in [0.29, 0.717) is 29.6 Å². The number of carbonyl (C=O) groups is 2. The van der Waals surface area contributed by atoms with Gasteiger partial charge in [0.1, 0.15) is 0 Å². The zero-order valence-electron chi connectivity index (χ0n) is 13.7. The number of nitrogens with zero attached hydrogens (tertiary/aromatic N) is 2. The Morgan fingerprint density at radius 2 is 2.04 bits per heavy atom. The van der Waals surface area contributed by atoms with Crippen molar-refractivity contribution < 1.29 is 19.2 Å². The van der Waals surface area contributed by atoms with Gasteiger partial charge in [0.15, 0.2) is 5.82 Å². The molecule has 0 spiro atoms. The largest absolute Gasteiger partial charge is 0.481 e. The maximum Gasteiger partial charge on any atom is 0.310 e. The number of aliphatic carboxylic acids is 1. The Balaban J connectivity index is 1.63. The molecular weight excluding hydrogens is 346 g/mol. The fraction of sp³-hybridized carbons (Fsp3) is 0.412. The lowest BCUT2D eigenvalue weighted by molar-refractivity contribution is -0.157. The first-order chi connectivity index (χ1) is 11.9. The molecule has 3 rings (SSSR count). The van der Waals surface area contributed by atoms with Crippen LogP contribution in [0, 0.1) is 5.41 Å². The Morgan fingerprint density at radius 1 is 1.36 bits per heavy atom. The monoisotopic (exact) mass is 363 g/mol. The second-order valence-electron chi connectivity index (χ2n) is 6.37. The molecule has 1 amide bonds. The number of nitrogens with one attached hydrogen (secondary N) is 1. The first-order valence-electron chi connectivity index (χ1n) is 8.02. The molecule has 1 unspecified atom stereocenters. The summed E-state index contributed by atoms with van der Waals surface area (Å²) in [6.07, 6.45) is 1.87. The van der Waals surface area contributed by atoms with Crippen molar-refractivity contribution in [1.82, 2.24) is 15.5 Å². The minimum atomic E-state index is -0.921. The maximum absolute atomic E-state index is 12.2. The Hall–Kier alpha value is -2.41. The number of hydrogen-bond acceptors (Lipinski definition) is 5. The number of amides is 1. The van der Waals surface area contributed by atoms with Crippen LogP contribution in [0.25, 0.3) is 11.5 Å². The van der Waals surface area contributed by atoms with E-state index >= 15 is 0 Å². The van der Waals surface area contributed by atoms with Crippen LogP contribution in [0.3, 0.4) is 0 Å². The highest BCUT2D eigenvalue weighted by molar-refractivity contribution is 6.30. The highest BCUT2D eigenvalue weighted by Crippen LogP contribution is 2.44. The van der Waals surface area contributed by atoms with Crippen LogP contribution in [0.15, 0.2) is 28.8 Å². The van der Waals surface area contributed by atoms with Gasteiger partial charge in [0, 0.05) is 17.0 Å². The number of carbonyl (C=O) groups excluding carboxylic acids is 1. The van der Waals surface area contributed by atoms with E-state index in [9.17, 15) is 14.7 Å². The zero-order chi connectivity index (χ0) is 18.0. The molecule has 2 aromatic rings. The lowest BCUT2D eigenvalue weighted by Gasteiger charge is -2.37. The van der Waals surface area contributed by atoms with Gasteiger partial charge in [-0.15, -0.1) is 0 Å². The normalized spacial score (nSPS) is 16.7. The van der Waals surface area contributed by atoms with E-state index in [2.05, 4.69) is 15.5 Å². The van der Waals surface area contributed by atoms with E-state index in [1.165, 1.54) is 0 Å². The van der Waals surface area contributed by atoms with Crippen LogP contribution in [0.1, 0.15) is 44.5 Å². The van der Waals surface area contributed by atoms with Crippen molar-refractivity contribution in [3.63, 3.8) is 0 Å². The summed E-state index contributed by atoms with van der Waals surface area (Å²) in [7, 11) is 0. The lowest BCUT2D eigenvalue weighted by atomic mass is 9.66. The molecule has 2 N–H and O–H groups in total. The summed E-state index contributed by atoms with van der Waals surface area (Å²) in [5, 5.41) is 16.5. The molecule has 1 heterocycles. The summed E-state index contributed by atoms with van der Waals surface area (Å²) in [6, 6.07) is 6.47. The van der Waals surface area contributed by atoms with Gasteiger partial charge in [0.25, 0.3) is 5.89 Å². The maximum atomic E-state index is 12.2. The van der Waals surface area contributed by atoms with Crippen molar-refractivity contribution in [2.24, 2.45) is 5.41 Å². The molecule has 1 saturated carbocycles. The Morgan fingerprint density at radius 3 is 2.60 bits per heavy atom. The molecule has 7 nitrogen and oxygen atoms in total. The molecule has 0 aliphatic heterocycles. The average Bonchev–Trinajstić information content (AvgIpc) is 3.01. The first kappa shape index (κ1) is 17.4. The number of aromatic nitrogens is 2. The van der Waals surface area contributed by atoms with Gasteiger partial charge in [-0.1, -0.05) is 23.2 Å². The highest BCUT2D eigenvalue weighted by Gasteiger charge is 2.46. The predicted octanol–water partition coefficient (Wildman–Crippen LogP) is 3.21. The smallest absolute Gasteiger partial charge is 0.310 e. The molecule has 1 aromatic heterocycles. The van der Waals surface area contributed by atoms with Crippen molar-refractivity contribution >= 4 is 23.5 Å². The molecule has 1 atom stereocenters. The molecule has 0 bridgehead atoms. The third kappa shape index (κ3) is 3.66. The summed E-state index contributed by atoms with van der Waals surface area (Å²) in [5.74, 6) is -0.580. The summed E-state index contributed by atoms with van der Waals surface area (Å²) in [4.78, 5) is 27.8. The fourth-order valence-electron chi connectivity index (χ4n) is 2.85. The van der Waals surface area contributed by atoms with Gasteiger partial charge >= 0.3 is 5.97 Å². The van der Waals surface area contributed by atoms with Crippen LogP contribution < -0.4 is 5.32 Å². The van der Waals surface area contributed by atoms with Gasteiger partial charge in [-0.25, -0.2) is 0 Å². The standard InChI is InChI=1S/C17H18ClN3O4/c1-10(19-13(22)9-17(16(23)24)7-2-8-17)14-20-15(25-21-14)11-3-5-12(18)6-4-11/h3-6,10H,2,7-9H2,1H3,(H,19,22)(H,23,24). The lowest BCUT2D eigenvalue weighted by Crippen LogP contribution is -2.43. The highest BCUT2D eigenvalue weighted by atomic mass is 35.5. The van der Waals surface area contributed by atoms with Crippen molar-refractivity contribution in [2.75, 3.05) is 0 Å². The number of carboxylic acids is 1. The minimum Gasteiger partial charge on any atom is -0.481 e. The first-order valence-corrected chi connectivity index (χ1v) is 8.40. The predicted molar refractivity (Wildman–Crippen MR) is 89.8 cm³/mol. The summed E-state index contributed by atoms with van der Waals surface area (Å²) in [5.41, 5.74) is -0.198. The number of carboxylic acid groups (broad SMARTS) is 1. The second kappa shape index (κ2) is 6.84. The van der Waals surface area contributed by atoms with Crippen molar-refractivity contribution in [3.05, 3.63) is 35.1 Å². The van der Waals surface area contributed by atoms with Crippen LogP contribution in [0.4, 0.5) is 0 Å². The van der Waals surface area contributed by atoms with E-state index < -0.39 is 17.4 Å².